The first-order valence-electron chi connectivity index (χ1n) is 10.4. The minimum Gasteiger partial charge on any atom is -0.342 e. The summed E-state index contributed by atoms with van der Waals surface area (Å²) in [6.45, 7) is 2.48. The van der Waals surface area contributed by atoms with Crippen LogP contribution in [-0.2, 0) is 16.0 Å². The van der Waals surface area contributed by atoms with Crippen LogP contribution in [0.25, 0.3) is 0 Å². The van der Waals surface area contributed by atoms with Gasteiger partial charge in [-0.25, -0.2) is 8.78 Å². The molecule has 1 unspecified atom stereocenters. The van der Waals surface area contributed by atoms with Gasteiger partial charge in [0.2, 0.25) is 17.7 Å². The second-order valence-electron chi connectivity index (χ2n) is 8.70. The van der Waals surface area contributed by atoms with Crippen LogP contribution in [0.4, 0.5) is 8.78 Å². The Morgan fingerprint density at radius 2 is 1.71 bits per heavy atom. The van der Waals surface area contributed by atoms with Gasteiger partial charge in [-0.3, -0.25) is 9.59 Å². The Morgan fingerprint density at radius 1 is 1.04 bits per heavy atom. The topological polar surface area (TPSA) is 40.6 Å². The van der Waals surface area contributed by atoms with Gasteiger partial charge in [-0.1, -0.05) is 30.3 Å². The fourth-order valence-electron chi connectivity index (χ4n) is 5.00. The number of alkyl halides is 2. The fraction of sp³-hybridized carbons (Fsp3) is 0.636. The minimum absolute atomic E-state index is 0.0251. The molecule has 28 heavy (non-hydrogen) atoms. The number of hydrogen-bond acceptors (Lipinski definition) is 2. The van der Waals surface area contributed by atoms with Crippen LogP contribution in [-0.4, -0.2) is 53.7 Å². The van der Waals surface area contributed by atoms with Gasteiger partial charge in [-0.2, -0.15) is 0 Å². The molecule has 0 radical (unpaired) electrons. The van der Waals surface area contributed by atoms with Crippen molar-refractivity contribution in [3.63, 3.8) is 0 Å². The maximum absolute atomic E-state index is 13.4. The predicted molar refractivity (Wildman–Crippen MR) is 102 cm³/mol. The Hall–Kier alpha value is -1.98. The van der Waals surface area contributed by atoms with Gasteiger partial charge in [-0.05, 0) is 37.7 Å². The van der Waals surface area contributed by atoms with E-state index in [0.717, 1.165) is 19.4 Å². The summed E-state index contributed by atoms with van der Waals surface area (Å²) in [5.41, 5.74) is 0.763. The molecule has 3 fully saturated rings. The third-order valence-electron chi connectivity index (χ3n) is 6.85. The zero-order chi connectivity index (χ0) is 19.8. The lowest BCUT2D eigenvalue weighted by atomic mass is 9.84. The summed E-state index contributed by atoms with van der Waals surface area (Å²) >= 11 is 0. The van der Waals surface area contributed by atoms with E-state index in [-0.39, 0.29) is 43.4 Å². The van der Waals surface area contributed by atoms with Gasteiger partial charge in [0.1, 0.15) is 0 Å². The molecule has 6 heteroatoms. The highest BCUT2D eigenvalue weighted by Crippen LogP contribution is 2.43. The molecular formula is C22H28F2N2O2. The Labute approximate surface area is 164 Å². The van der Waals surface area contributed by atoms with Gasteiger partial charge in [0.25, 0.3) is 0 Å². The number of amides is 2. The van der Waals surface area contributed by atoms with Crippen molar-refractivity contribution in [3.8, 4) is 0 Å². The summed E-state index contributed by atoms with van der Waals surface area (Å²) in [6, 6.07) is 10.1. The molecular weight excluding hydrogens is 362 g/mol. The van der Waals surface area contributed by atoms with Gasteiger partial charge in [0.15, 0.2) is 0 Å². The zero-order valence-corrected chi connectivity index (χ0v) is 16.2. The predicted octanol–water partition coefficient (Wildman–Crippen LogP) is 3.51. The number of halogens is 2. The molecule has 1 aliphatic carbocycles. The molecule has 1 atom stereocenters. The van der Waals surface area contributed by atoms with E-state index in [0.29, 0.717) is 26.1 Å². The lowest BCUT2D eigenvalue weighted by molar-refractivity contribution is -0.140. The monoisotopic (exact) mass is 390 g/mol. The molecule has 152 valence electrons. The molecule has 0 bridgehead atoms. The summed E-state index contributed by atoms with van der Waals surface area (Å²) < 4.78 is 26.7. The normalized spacial score (nSPS) is 27.7. The average molecular weight is 390 g/mol. The first kappa shape index (κ1) is 19.3. The molecule has 0 N–H and O–H groups in total. The summed E-state index contributed by atoms with van der Waals surface area (Å²) in [7, 11) is 0. The van der Waals surface area contributed by atoms with Crippen molar-refractivity contribution in [1.82, 2.24) is 9.80 Å². The van der Waals surface area contributed by atoms with Crippen LogP contribution in [0, 0.1) is 11.3 Å². The van der Waals surface area contributed by atoms with Crippen LogP contribution in [0.15, 0.2) is 30.3 Å². The van der Waals surface area contributed by atoms with Crippen molar-refractivity contribution in [2.75, 3.05) is 26.2 Å². The van der Waals surface area contributed by atoms with E-state index < -0.39 is 11.3 Å². The van der Waals surface area contributed by atoms with Gasteiger partial charge in [-0.15, -0.1) is 0 Å². The molecule has 1 aromatic rings. The van der Waals surface area contributed by atoms with Crippen molar-refractivity contribution < 1.29 is 18.4 Å². The quantitative estimate of drug-likeness (QED) is 0.790. The van der Waals surface area contributed by atoms with E-state index in [1.807, 2.05) is 23.1 Å². The second-order valence-corrected chi connectivity index (χ2v) is 8.70. The van der Waals surface area contributed by atoms with Crippen LogP contribution in [0.3, 0.4) is 0 Å². The third-order valence-corrected chi connectivity index (χ3v) is 6.85. The molecule has 4 nitrogen and oxygen atoms in total. The zero-order valence-electron chi connectivity index (χ0n) is 16.2. The van der Waals surface area contributed by atoms with Gasteiger partial charge in [0.05, 0.1) is 5.41 Å². The van der Waals surface area contributed by atoms with Gasteiger partial charge < -0.3 is 9.80 Å². The molecule has 2 aliphatic heterocycles. The number of nitrogens with zero attached hydrogens (tertiary/aromatic N) is 2. The van der Waals surface area contributed by atoms with Crippen molar-refractivity contribution in [1.29, 1.82) is 0 Å². The molecule has 1 saturated carbocycles. The summed E-state index contributed by atoms with van der Waals surface area (Å²) in [5.74, 6) is -2.79. The van der Waals surface area contributed by atoms with E-state index >= 15 is 0 Å². The number of carbonyl (C=O) groups is 2. The molecule has 4 rings (SSSR count). The summed E-state index contributed by atoms with van der Waals surface area (Å²) in [4.78, 5) is 29.6. The number of benzene rings is 1. The molecule has 3 aliphatic rings. The Balaban J connectivity index is 1.33. The Bertz CT molecular complexity index is 729. The van der Waals surface area contributed by atoms with Crippen molar-refractivity contribution in [2.45, 2.75) is 50.9 Å². The minimum atomic E-state index is -2.62. The molecule has 2 amide bonds. The highest BCUT2D eigenvalue weighted by atomic mass is 19.3. The maximum atomic E-state index is 13.4. The Kier molecular flexibility index (Phi) is 5.15. The highest BCUT2D eigenvalue weighted by molar-refractivity contribution is 5.87. The Morgan fingerprint density at radius 3 is 2.43 bits per heavy atom. The number of carbonyl (C=O) groups excluding carboxylic acids is 2. The van der Waals surface area contributed by atoms with Crippen LogP contribution in [0.1, 0.15) is 44.1 Å². The van der Waals surface area contributed by atoms with E-state index in [1.54, 1.807) is 4.90 Å². The van der Waals surface area contributed by atoms with E-state index in [1.165, 1.54) is 5.56 Å². The van der Waals surface area contributed by atoms with Crippen molar-refractivity contribution in [3.05, 3.63) is 35.9 Å². The SMILES string of the molecule is O=C(C1CCC(F)(F)CC1)N1CCC2(CCN(CCc3ccccc3)C2=O)C1. The molecule has 1 spiro atoms. The molecule has 0 aromatic heterocycles. The number of rotatable bonds is 4. The van der Waals surface area contributed by atoms with Gasteiger partial charge >= 0.3 is 0 Å². The van der Waals surface area contributed by atoms with E-state index in [4.69, 9.17) is 0 Å². The largest absolute Gasteiger partial charge is 0.342 e. The smallest absolute Gasteiger partial charge is 0.248 e. The third kappa shape index (κ3) is 3.78. The van der Waals surface area contributed by atoms with Crippen LogP contribution < -0.4 is 0 Å². The van der Waals surface area contributed by atoms with Crippen molar-refractivity contribution >= 4 is 11.8 Å². The molecule has 2 saturated heterocycles. The standard InChI is InChI=1S/C22H28F2N2O2/c23-22(24)9-6-18(7-10-22)19(27)26-15-12-21(16-26)11-14-25(20(21)28)13-8-17-4-2-1-3-5-17/h1-5,18H,6-16H2. The second kappa shape index (κ2) is 7.45. The fourth-order valence-corrected chi connectivity index (χ4v) is 5.00. The van der Waals surface area contributed by atoms with E-state index in [9.17, 15) is 18.4 Å². The summed E-state index contributed by atoms with van der Waals surface area (Å²) in [5, 5.41) is 0. The molecule has 1 aromatic carbocycles. The van der Waals surface area contributed by atoms with Crippen LogP contribution in [0.2, 0.25) is 0 Å². The highest BCUT2D eigenvalue weighted by Gasteiger charge is 2.52. The average Bonchev–Trinajstić information content (AvgIpc) is 3.26. The number of likely N-dealkylation sites (tertiary alicyclic amines) is 2. The summed E-state index contributed by atoms with van der Waals surface area (Å²) in [6.07, 6.45) is 2.43. The van der Waals surface area contributed by atoms with Crippen LogP contribution in [0.5, 0.6) is 0 Å². The van der Waals surface area contributed by atoms with Gasteiger partial charge in [0, 0.05) is 44.9 Å². The maximum Gasteiger partial charge on any atom is 0.248 e. The lowest BCUT2D eigenvalue weighted by Crippen LogP contribution is -2.41. The number of hydrogen-bond donors (Lipinski definition) is 0. The molecule has 2 heterocycles. The first-order valence-corrected chi connectivity index (χ1v) is 10.4. The van der Waals surface area contributed by atoms with E-state index in [2.05, 4.69) is 12.1 Å². The van der Waals surface area contributed by atoms with Crippen LogP contribution >= 0.6 is 0 Å². The lowest BCUT2D eigenvalue weighted by Gasteiger charge is -2.31. The first-order chi connectivity index (χ1) is 13.4. The van der Waals surface area contributed by atoms with Crippen molar-refractivity contribution in [2.24, 2.45) is 11.3 Å².